The Morgan fingerprint density at radius 3 is 2.14 bits per heavy atom. The van der Waals surface area contributed by atoms with Crippen molar-refractivity contribution >= 4 is 27.3 Å². The maximum absolute atomic E-state index is 12.8. The number of anilines is 2. The molecule has 0 aliphatic rings. The van der Waals surface area contributed by atoms with E-state index in [1.165, 1.54) is 12.1 Å². The summed E-state index contributed by atoms with van der Waals surface area (Å²) in [7, 11) is -3.82. The van der Waals surface area contributed by atoms with E-state index in [0.717, 1.165) is 16.7 Å². The molecule has 5 nitrogen and oxygen atoms in total. The van der Waals surface area contributed by atoms with Gasteiger partial charge in [0.15, 0.2) is 0 Å². The van der Waals surface area contributed by atoms with Gasteiger partial charge in [0.05, 0.1) is 10.6 Å². The summed E-state index contributed by atoms with van der Waals surface area (Å²) in [6.45, 7) is 7.58. The number of nitrogens with one attached hydrogen (secondary N) is 2. The van der Waals surface area contributed by atoms with Gasteiger partial charge in [0.25, 0.3) is 15.9 Å². The number of rotatable bonds is 5. The van der Waals surface area contributed by atoms with Crippen LogP contribution in [0.5, 0.6) is 0 Å². The van der Waals surface area contributed by atoms with Gasteiger partial charge in [-0.1, -0.05) is 30.3 Å². The van der Waals surface area contributed by atoms with Crippen LogP contribution in [0.25, 0.3) is 0 Å². The molecular formula is C23H24N2O3S. The van der Waals surface area contributed by atoms with Crippen LogP contribution in [-0.2, 0) is 10.0 Å². The number of aryl methyl sites for hydroxylation is 4. The van der Waals surface area contributed by atoms with Gasteiger partial charge in [0, 0.05) is 11.3 Å². The Morgan fingerprint density at radius 1 is 0.759 bits per heavy atom. The van der Waals surface area contributed by atoms with E-state index in [4.69, 9.17) is 0 Å². The molecule has 3 rings (SSSR count). The third-order valence-electron chi connectivity index (χ3n) is 4.92. The Hall–Kier alpha value is -3.12. The first kappa shape index (κ1) is 20.6. The van der Waals surface area contributed by atoms with Crippen LogP contribution < -0.4 is 10.0 Å². The number of hydrogen-bond donors (Lipinski definition) is 2. The Bertz CT molecular complexity index is 1180. The molecule has 3 aromatic rings. The molecule has 6 heteroatoms. The molecule has 0 atom stereocenters. The minimum Gasteiger partial charge on any atom is -0.322 e. The zero-order chi connectivity index (χ0) is 21.2. The molecule has 0 unspecified atom stereocenters. The molecule has 0 spiro atoms. The van der Waals surface area contributed by atoms with Crippen molar-refractivity contribution in [1.29, 1.82) is 0 Å². The molecule has 0 radical (unpaired) electrons. The van der Waals surface area contributed by atoms with E-state index in [0.29, 0.717) is 22.5 Å². The van der Waals surface area contributed by atoms with E-state index in [-0.39, 0.29) is 10.8 Å². The summed E-state index contributed by atoms with van der Waals surface area (Å²) in [5.41, 5.74) is 5.21. The van der Waals surface area contributed by atoms with Crippen LogP contribution in [0, 0.1) is 27.7 Å². The zero-order valence-corrected chi connectivity index (χ0v) is 17.7. The summed E-state index contributed by atoms with van der Waals surface area (Å²) in [5, 5.41) is 2.85. The van der Waals surface area contributed by atoms with Crippen LogP contribution in [0.2, 0.25) is 0 Å². The maximum Gasteiger partial charge on any atom is 0.261 e. The molecule has 3 aromatic carbocycles. The molecular weight excluding hydrogens is 384 g/mol. The van der Waals surface area contributed by atoms with Gasteiger partial charge in [0.2, 0.25) is 0 Å². The first-order valence-corrected chi connectivity index (χ1v) is 10.7. The van der Waals surface area contributed by atoms with E-state index in [1.807, 2.05) is 51.1 Å². The molecule has 0 saturated heterocycles. The van der Waals surface area contributed by atoms with Crippen LogP contribution >= 0.6 is 0 Å². The lowest BCUT2D eigenvalue weighted by molar-refractivity contribution is 0.102. The van der Waals surface area contributed by atoms with Crippen molar-refractivity contribution < 1.29 is 13.2 Å². The van der Waals surface area contributed by atoms with Gasteiger partial charge < -0.3 is 5.32 Å². The second kappa shape index (κ2) is 8.09. The van der Waals surface area contributed by atoms with Crippen molar-refractivity contribution in [2.24, 2.45) is 0 Å². The van der Waals surface area contributed by atoms with Crippen molar-refractivity contribution in [3.05, 3.63) is 88.5 Å². The lowest BCUT2D eigenvalue weighted by Gasteiger charge is -2.13. The van der Waals surface area contributed by atoms with Crippen molar-refractivity contribution in [1.82, 2.24) is 0 Å². The van der Waals surface area contributed by atoms with Gasteiger partial charge in [-0.15, -0.1) is 0 Å². The Balaban J connectivity index is 1.89. The second-order valence-electron chi connectivity index (χ2n) is 7.15. The second-order valence-corrected chi connectivity index (χ2v) is 8.83. The van der Waals surface area contributed by atoms with Crippen molar-refractivity contribution in [3.8, 4) is 0 Å². The monoisotopic (exact) mass is 408 g/mol. The first-order chi connectivity index (χ1) is 13.7. The van der Waals surface area contributed by atoms with E-state index < -0.39 is 10.0 Å². The van der Waals surface area contributed by atoms with Gasteiger partial charge in [-0.25, -0.2) is 8.42 Å². The Kier molecular flexibility index (Phi) is 5.75. The van der Waals surface area contributed by atoms with E-state index in [2.05, 4.69) is 10.0 Å². The number of para-hydroxylation sites is 1. The average Bonchev–Trinajstić information content (AvgIpc) is 2.66. The fourth-order valence-corrected chi connectivity index (χ4v) is 4.08. The zero-order valence-electron chi connectivity index (χ0n) is 16.9. The lowest BCUT2D eigenvalue weighted by Crippen LogP contribution is -2.17. The van der Waals surface area contributed by atoms with Crippen LogP contribution in [0.15, 0.2) is 65.6 Å². The standard InChI is InChI=1S/C23H24N2O3S/c1-15-9-11-19(13-18(15)4)24-23(26)21-14-20(12-10-16(21)2)29(27,28)25-22-8-6-5-7-17(22)3/h5-14,25H,1-4H3,(H,24,26). The van der Waals surface area contributed by atoms with E-state index >= 15 is 0 Å². The van der Waals surface area contributed by atoms with E-state index in [9.17, 15) is 13.2 Å². The molecule has 0 aliphatic heterocycles. The molecule has 0 fully saturated rings. The molecule has 0 aliphatic carbocycles. The predicted molar refractivity (Wildman–Crippen MR) is 117 cm³/mol. The number of carbonyl (C=O) groups is 1. The summed E-state index contributed by atoms with van der Waals surface area (Å²) in [6.07, 6.45) is 0. The summed E-state index contributed by atoms with van der Waals surface area (Å²) in [5.74, 6) is -0.348. The van der Waals surface area contributed by atoms with Crippen LogP contribution in [0.3, 0.4) is 0 Å². The van der Waals surface area contributed by atoms with E-state index in [1.54, 1.807) is 25.1 Å². The average molecular weight is 409 g/mol. The third-order valence-corrected chi connectivity index (χ3v) is 6.28. The molecule has 2 N–H and O–H groups in total. The molecule has 29 heavy (non-hydrogen) atoms. The highest BCUT2D eigenvalue weighted by Crippen LogP contribution is 2.22. The molecule has 0 saturated carbocycles. The minimum atomic E-state index is -3.82. The molecule has 150 valence electrons. The first-order valence-electron chi connectivity index (χ1n) is 9.25. The number of sulfonamides is 1. The quantitative estimate of drug-likeness (QED) is 0.626. The highest BCUT2D eigenvalue weighted by Gasteiger charge is 2.19. The fraction of sp³-hybridized carbons (Fsp3) is 0.174. The number of benzene rings is 3. The summed E-state index contributed by atoms with van der Waals surface area (Å²) in [4.78, 5) is 12.8. The van der Waals surface area contributed by atoms with Crippen molar-refractivity contribution in [3.63, 3.8) is 0 Å². The SMILES string of the molecule is Cc1ccc(NC(=O)c2cc(S(=O)(=O)Nc3ccccc3C)ccc2C)cc1C. The van der Waals surface area contributed by atoms with Gasteiger partial charge in [-0.05, 0) is 80.3 Å². The third kappa shape index (κ3) is 4.66. The topological polar surface area (TPSA) is 75.3 Å². The highest BCUT2D eigenvalue weighted by atomic mass is 32.2. The number of carbonyl (C=O) groups excluding carboxylic acids is 1. The fourth-order valence-electron chi connectivity index (χ4n) is 2.92. The van der Waals surface area contributed by atoms with Crippen LogP contribution in [-0.4, -0.2) is 14.3 Å². The van der Waals surface area contributed by atoms with Crippen LogP contribution in [0.4, 0.5) is 11.4 Å². The lowest BCUT2D eigenvalue weighted by atomic mass is 10.1. The number of amides is 1. The van der Waals surface area contributed by atoms with Crippen molar-refractivity contribution in [2.45, 2.75) is 32.6 Å². The van der Waals surface area contributed by atoms with Gasteiger partial charge in [-0.2, -0.15) is 0 Å². The predicted octanol–water partition coefficient (Wildman–Crippen LogP) is 4.97. The smallest absolute Gasteiger partial charge is 0.261 e. The largest absolute Gasteiger partial charge is 0.322 e. The normalized spacial score (nSPS) is 11.2. The molecule has 0 heterocycles. The van der Waals surface area contributed by atoms with Gasteiger partial charge in [0.1, 0.15) is 0 Å². The molecule has 0 aromatic heterocycles. The van der Waals surface area contributed by atoms with Gasteiger partial charge >= 0.3 is 0 Å². The minimum absolute atomic E-state index is 0.0385. The Labute approximate surface area is 171 Å². The van der Waals surface area contributed by atoms with Crippen LogP contribution in [0.1, 0.15) is 32.6 Å². The maximum atomic E-state index is 12.8. The van der Waals surface area contributed by atoms with Gasteiger partial charge in [-0.3, -0.25) is 9.52 Å². The Morgan fingerprint density at radius 2 is 1.45 bits per heavy atom. The van der Waals surface area contributed by atoms with Crippen molar-refractivity contribution in [2.75, 3.05) is 10.0 Å². The highest BCUT2D eigenvalue weighted by molar-refractivity contribution is 7.92. The molecule has 1 amide bonds. The summed E-state index contributed by atoms with van der Waals surface area (Å²) >= 11 is 0. The molecule has 0 bridgehead atoms. The summed E-state index contributed by atoms with van der Waals surface area (Å²) < 4.78 is 28.3. The number of hydrogen-bond acceptors (Lipinski definition) is 3. The summed E-state index contributed by atoms with van der Waals surface area (Å²) in [6, 6.07) is 17.3.